The van der Waals surface area contributed by atoms with Gasteiger partial charge >= 0.3 is 6.18 Å². The summed E-state index contributed by atoms with van der Waals surface area (Å²) >= 11 is 1.22. The van der Waals surface area contributed by atoms with Gasteiger partial charge in [-0.05, 0) is 32.2 Å². The molecular weight excluding hydrogens is 413 g/mol. The summed E-state index contributed by atoms with van der Waals surface area (Å²) in [6, 6.07) is 4.10. The Morgan fingerprint density at radius 1 is 1.13 bits per heavy atom. The predicted octanol–water partition coefficient (Wildman–Crippen LogP) is 4.77. The van der Waals surface area contributed by atoms with Gasteiger partial charge < -0.3 is 15.1 Å². The van der Waals surface area contributed by atoms with E-state index in [1.807, 2.05) is 32.7 Å². The number of piperazine rings is 1. The Kier molecular flexibility index (Phi) is 6.15. The Morgan fingerprint density at radius 2 is 1.77 bits per heavy atom. The lowest BCUT2D eigenvalue weighted by atomic mass is 9.98. The topological polar surface area (TPSA) is 48.5 Å². The maximum atomic E-state index is 13.8. The van der Waals surface area contributed by atoms with Gasteiger partial charge in [0.1, 0.15) is 4.88 Å². The number of nitrogens with zero attached hydrogens (tertiary/aromatic N) is 3. The van der Waals surface area contributed by atoms with E-state index >= 15 is 0 Å². The molecule has 2 aromatic rings. The zero-order chi connectivity index (χ0) is 22.3. The van der Waals surface area contributed by atoms with Gasteiger partial charge in [0.15, 0.2) is 0 Å². The van der Waals surface area contributed by atoms with Crippen molar-refractivity contribution in [2.75, 3.05) is 43.4 Å². The first-order chi connectivity index (χ1) is 13.9. The summed E-state index contributed by atoms with van der Waals surface area (Å²) in [5.74, 6) is -0.571. The molecule has 3 rings (SSSR count). The van der Waals surface area contributed by atoms with Gasteiger partial charge in [-0.2, -0.15) is 13.2 Å². The predicted molar refractivity (Wildman–Crippen MR) is 115 cm³/mol. The van der Waals surface area contributed by atoms with Crippen LogP contribution >= 0.6 is 11.3 Å². The van der Waals surface area contributed by atoms with Gasteiger partial charge in [0.2, 0.25) is 0 Å². The Labute approximate surface area is 178 Å². The van der Waals surface area contributed by atoms with Crippen molar-refractivity contribution in [2.45, 2.75) is 39.3 Å². The molecule has 0 aliphatic carbocycles. The van der Waals surface area contributed by atoms with E-state index in [4.69, 9.17) is 0 Å². The van der Waals surface area contributed by atoms with E-state index in [2.05, 4.69) is 15.2 Å². The molecule has 0 bridgehead atoms. The summed E-state index contributed by atoms with van der Waals surface area (Å²) in [5.41, 5.74) is -0.293. The highest BCUT2D eigenvalue weighted by Crippen LogP contribution is 2.38. The van der Waals surface area contributed by atoms with Gasteiger partial charge in [0.05, 0.1) is 22.0 Å². The van der Waals surface area contributed by atoms with Crippen LogP contribution in [0.3, 0.4) is 0 Å². The molecular formula is C21H27F3N4OS. The molecule has 0 unspecified atom stereocenters. The monoisotopic (exact) mass is 440 g/mol. The van der Waals surface area contributed by atoms with Gasteiger partial charge in [-0.3, -0.25) is 4.79 Å². The number of alkyl halides is 3. The second-order valence-electron chi connectivity index (χ2n) is 8.66. The third-order valence-electron chi connectivity index (χ3n) is 5.07. The molecule has 0 radical (unpaired) electrons. The molecule has 1 N–H and O–H groups in total. The van der Waals surface area contributed by atoms with E-state index in [-0.39, 0.29) is 11.1 Å². The molecule has 5 nitrogen and oxygen atoms in total. The number of anilines is 2. The van der Waals surface area contributed by atoms with Crippen LogP contribution in [0.15, 0.2) is 18.2 Å². The Balaban J connectivity index is 1.88. The number of hydrogen-bond acceptors (Lipinski definition) is 5. The average Bonchev–Trinajstić information content (AvgIpc) is 3.04. The van der Waals surface area contributed by atoms with Gasteiger partial charge in [-0.25, -0.2) is 4.98 Å². The molecule has 30 heavy (non-hydrogen) atoms. The van der Waals surface area contributed by atoms with Crippen LogP contribution in [0.25, 0.3) is 0 Å². The number of amides is 1. The molecule has 9 heteroatoms. The molecule has 0 spiro atoms. The molecule has 0 atom stereocenters. The molecule has 2 heterocycles. The SMILES string of the molecule is Cc1nc(C(C)(C)C)sc1C(=O)Nc1ccc(N2CCN(C)CC2)cc1C(F)(F)F. The number of benzene rings is 1. The average molecular weight is 441 g/mol. The highest BCUT2D eigenvalue weighted by Gasteiger charge is 2.35. The van der Waals surface area contributed by atoms with E-state index < -0.39 is 17.6 Å². The molecule has 0 saturated carbocycles. The van der Waals surface area contributed by atoms with E-state index in [1.165, 1.54) is 17.4 Å². The lowest BCUT2D eigenvalue weighted by Crippen LogP contribution is -2.44. The highest BCUT2D eigenvalue weighted by atomic mass is 32.1. The van der Waals surface area contributed by atoms with Crippen LogP contribution in [-0.2, 0) is 11.6 Å². The number of aryl methyl sites for hydroxylation is 1. The summed E-state index contributed by atoms with van der Waals surface area (Å²) < 4.78 is 41.3. The van der Waals surface area contributed by atoms with Crippen LogP contribution in [0.4, 0.5) is 24.5 Å². The van der Waals surface area contributed by atoms with Crippen LogP contribution < -0.4 is 10.2 Å². The summed E-state index contributed by atoms with van der Waals surface area (Å²) in [6.07, 6.45) is -4.58. The normalized spacial score (nSPS) is 16.1. The van der Waals surface area contributed by atoms with E-state index in [9.17, 15) is 18.0 Å². The van der Waals surface area contributed by atoms with E-state index in [0.29, 0.717) is 29.3 Å². The first kappa shape index (κ1) is 22.6. The van der Waals surface area contributed by atoms with Crippen molar-refractivity contribution in [1.82, 2.24) is 9.88 Å². The fraction of sp³-hybridized carbons (Fsp3) is 0.524. The number of rotatable bonds is 3. The molecule has 1 aliphatic rings. The number of halogens is 3. The van der Waals surface area contributed by atoms with Crippen LogP contribution in [0, 0.1) is 6.92 Å². The minimum atomic E-state index is -4.58. The fourth-order valence-electron chi connectivity index (χ4n) is 3.24. The number of carbonyl (C=O) groups is 1. The molecule has 1 amide bonds. The smallest absolute Gasteiger partial charge is 0.369 e. The number of carbonyl (C=O) groups excluding carboxylic acids is 1. The number of thiazole rings is 1. The molecule has 1 fully saturated rings. The zero-order valence-corrected chi connectivity index (χ0v) is 18.7. The first-order valence-electron chi connectivity index (χ1n) is 9.80. The Bertz CT molecular complexity index is 925. The maximum absolute atomic E-state index is 13.8. The first-order valence-corrected chi connectivity index (χ1v) is 10.6. The van der Waals surface area contributed by atoms with Crippen molar-refractivity contribution >= 4 is 28.6 Å². The van der Waals surface area contributed by atoms with E-state index in [0.717, 1.165) is 24.2 Å². The van der Waals surface area contributed by atoms with Gasteiger partial charge in [0, 0.05) is 37.3 Å². The van der Waals surface area contributed by atoms with Gasteiger partial charge in [-0.15, -0.1) is 11.3 Å². The molecule has 1 aliphatic heterocycles. The number of hydrogen-bond donors (Lipinski definition) is 1. The molecule has 164 valence electrons. The Hall–Kier alpha value is -2.13. The number of likely N-dealkylation sites (N-methyl/N-ethyl adjacent to an activating group) is 1. The molecule has 1 saturated heterocycles. The lowest BCUT2D eigenvalue weighted by Gasteiger charge is -2.34. The van der Waals surface area contributed by atoms with Crippen molar-refractivity contribution in [3.05, 3.63) is 39.3 Å². The highest BCUT2D eigenvalue weighted by molar-refractivity contribution is 7.14. The van der Waals surface area contributed by atoms with Gasteiger partial charge in [0.25, 0.3) is 5.91 Å². The summed E-state index contributed by atoms with van der Waals surface area (Å²) in [4.78, 5) is 21.6. The van der Waals surface area contributed by atoms with Crippen LogP contribution in [0.1, 0.15) is 46.7 Å². The van der Waals surface area contributed by atoms with Crippen molar-refractivity contribution < 1.29 is 18.0 Å². The quantitative estimate of drug-likeness (QED) is 0.747. The Morgan fingerprint density at radius 3 is 2.30 bits per heavy atom. The summed E-state index contributed by atoms with van der Waals surface area (Å²) in [6.45, 7) is 10.5. The zero-order valence-electron chi connectivity index (χ0n) is 17.9. The maximum Gasteiger partial charge on any atom is 0.418 e. The molecule has 1 aromatic heterocycles. The molecule has 1 aromatic carbocycles. The van der Waals surface area contributed by atoms with E-state index in [1.54, 1.807) is 13.0 Å². The third-order valence-corrected chi connectivity index (χ3v) is 6.65. The van der Waals surface area contributed by atoms with Crippen LogP contribution in [0.5, 0.6) is 0 Å². The van der Waals surface area contributed by atoms with Gasteiger partial charge in [-0.1, -0.05) is 20.8 Å². The van der Waals surface area contributed by atoms with Crippen molar-refractivity contribution in [3.63, 3.8) is 0 Å². The minimum absolute atomic E-state index is 0.240. The largest absolute Gasteiger partial charge is 0.418 e. The number of aromatic nitrogens is 1. The van der Waals surface area contributed by atoms with Crippen LogP contribution in [0.2, 0.25) is 0 Å². The van der Waals surface area contributed by atoms with Crippen molar-refractivity contribution in [1.29, 1.82) is 0 Å². The summed E-state index contributed by atoms with van der Waals surface area (Å²) in [5, 5.41) is 3.23. The summed E-state index contributed by atoms with van der Waals surface area (Å²) in [7, 11) is 1.99. The lowest BCUT2D eigenvalue weighted by molar-refractivity contribution is -0.136. The fourth-order valence-corrected chi connectivity index (χ4v) is 4.26. The second-order valence-corrected chi connectivity index (χ2v) is 9.65. The van der Waals surface area contributed by atoms with Crippen molar-refractivity contribution in [3.8, 4) is 0 Å². The number of nitrogens with one attached hydrogen (secondary N) is 1. The minimum Gasteiger partial charge on any atom is -0.369 e. The standard InChI is InChI=1S/C21H27F3N4OS/c1-13-17(30-19(25-13)20(2,3)4)18(29)26-16-7-6-14(12-15(16)21(22,23)24)28-10-8-27(5)9-11-28/h6-7,12H,8-11H2,1-5H3,(H,26,29). The van der Waals surface area contributed by atoms with Crippen LogP contribution in [-0.4, -0.2) is 49.0 Å². The third kappa shape index (κ3) is 4.95. The second kappa shape index (κ2) is 8.19. The van der Waals surface area contributed by atoms with Crippen molar-refractivity contribution in [2.24, 2.45) is 0 Å².